The molecule has 1 aromatic heterocycles. The lowest BCUT2D eigenvalue weighted by Crippen LogP contribution is -2.47. The Hall–Kier alpha value is -4.39. The number of rotatable bonds is 5. The van der Waals surface area contributed by atoms with Crippen LogP contribution in [0.3, 0.4) is 0 Å². The maximum Gasteiger partial charge on any atom is 0.321 e. The van der Waals surface area contributed by atoms with Gasteiger partial charge in [-0.3, -0.25) is 4.79 Å². The van der Waals surface area contributed by atoms with Gasteiger partial charge in [-0.15, -0.1) is 0 Å². The molecule has 2 heterocycles. The van der Waals surface area contributed by atoms with Crippen molar-refractivity contribution in [1.82, 2.24) is 15.2 Å². The van der Waals surface area contributed by atoms with Crippen molar-refractivity contribution in [3.8, 4) is 22.8 Å². The normalized spacial score (nSPS) is 13.9. The molecule has 2 N–H and O–H groups in total. The first-order valence-corrected chi connectivity index (χ1v) is 12.1. The summed E-state index contributed by atoms with van der Waals surface area (Å²) in [6, 6.07) is 24.6. The van der Waals surface area contributed by atoms with Crippen molar-refractivity contribution in [2.75, 3.05) is 18.4 Å². The summed E-state index contributed by atoms with van der Waals surface area (Å²) in [6.45, 7) is 3.18. The first-order valence-electron chi connectivity index (χ1n) is 12.1. The molecule has 0 saturated carbocycles. The van der Waals surface area contributed by atoms with Gasteiger partial charge in [0.05, 0.1) is 11.8 Å². The standard InChI is InChI=1S/C29H28N4O3/c1-20-11-13-21(14-12-20)26-19-30-28(36-26)25-10-6-5-9-24(25)27(34)31-23-15-17-33(18-16-23)29(35)32-22-7-3-2-4-8-22/h2-14,19,23H,15-18H2,1H3,(H,31,34)(H,32,35). The fraction of sp³-hybridized carbons (Fsp3) is 0.207. The summed E-state index contributed by atoms with van der Waals surface area (Å²) < 4.78 is 6.02. The monoisotopic (exact) mass is 480 g/mol. The molecule has 1 aliphatic rings. The lowest BCUT2D eigenvalue weighted by molar-refractivity contribution is 0.0919. The van der Waals surface area contributed by atoms with Crippen LogP contribution in [0.15, 0.2) is 89.5 Å². The number of urea groups is 1. The Morgan fingerprint density at radius 1 is 0.917 bits per heavy atom. The zero-order valence-electron chi connectivity index (χ0n) is 20.1. The zero-order valence-corrected chi connectivity index (χ0v) is 20.1. The Kier molecular flexibility index (Phi) is 6.80. The van der Waals surface area contributed by atoms with Crippen LogP contribution in [0, 0.1) is 6.92 Å². The number of oxazole rings is 1. The quantitative estimate of drug-likeness (QED) is 0.381. The molecule has 0 aliphatic carbocycles. The van der Waals surface area contributed by atoms with Crippen LogP contribution in [0.2, 0.25) is 0 Å². The highest BCUT2D eigenvalue weighted by molar-refractivity contribution is 6.00. The minimum Gasteiger partial charge on any atom is -0.436 e. The van der Waals surface area contributed by atoms with Gasteiger partial charge in [-0.25, -0.2) is 9.78 Å². The van der Waals surface area contributed by atoms with Crippen LogP contribution < -0.4 is 10.6 Å². The Morgan fingerprint density at radius 3 is 2.36 bits per heavy atom. The molecule has 5 rings (SSSR count). The van der Waals surface area contributed by atoms with Crippen LogP contribution in [0.4, 0.5) is 10.5 Å². The smallest absolute Gasteiger partial charge is 0.321 e. The molecule has 0 unspecified atom stereocenters. The summed E-state index contributed by atoms with van der Waals surface area (Å²) in [5.74, 6) is 0.887. The van der Waals surface area contributed by atoms with Crippen molar-refractivity contribution in [2.45, 2.75) is 25.8 Å². The number of aromatic nitrogens is 1. The number of piperidine rings is 1. The van der Waals surface area contributed by atoms with Gasteiger partial charge >= 0.3 is 6.03 Å². The largest absolute Gasteiger partial charge is 0.436 e. The minimum atomic E-state index is -0.173. The van der Waals surface area contributed by atoms with Gasteiger partial charge in [0.1, 0.15) is 0 Å². The van der Waals surface area contributed by atoms with E-state index in [1.807, 2.05) is 79.7 Å². The molecular weight excluding hydrogens is 452 g/mol. The molecule has 0 atom stereocenters. The number of para-hydroxylation sites is 1. The number of likely N-dealkylation sites (tertiary alicyclic amines) is 1. The highest BCUT2D eigenvalue weighted by Gasteiger charge is 2.25. The Labute approximate surface area is 210 Å². The first-order chi connectivity index (χ1) is 17.6. The Bertz CT molecular complexity index is 1340. The number of hydrogen-bond donors (Lipinski definition) is 2. The van der Waals surface area contributed by atoms with E-state index in [-0.39, 0.29) is 18.0 Å². The van der Waals surface area contributed by atoms with Gasteiger partial charge in [0.25, 0.3) is 5.91 Å². The van der Waals surface area contributed by atoms with Gasteiger partial charge in [0.15, 0.2) is 5.76 Å². The van der Waals surface area contributed by atoms with E-state index in [0.717, 1.165) is 11.3 Å². The highest BCUT2D eigenvalue weighted by atomic mass is 16.4. The predicted molar refractivity (Wildman–Crippen MR) is 140 cm³/mol. The molecule has 1 saturated heterocycles. The summed E-state index contributed by atoms with van der Waals surface area (Å²) in [6.07, 6.45) is 3.06. The summed E-state index contributed by atoms with van der Waals surface area (Å²) in [5.41, 5.74) is 4.03. The number of anilines is 1. The third-order valence-electron chi connectivity index (χ3n) is 6.39. The molecule has 1 aliphatic heterocycles. The van der Waals surface area contributed by atoms with Crippen LogP contribution in [0.1, 0.15) is 28.8 Å². The average Bonchev–Trinajstić information content (AvgIpc) is 3.40. The summed E-state index contributed by atoms with van der Waals surface area (Å²) in [7, 11) is 0. The number of carbonyl (C=O) groups excluding carboxylic acids is 2. The Morgan fingerprint density at radius 2 is 1.61 bits per heavy atom. The first kappa shape index (κ1) is 23.4. The number of benzene rings is 3. The Balaban J connectivity index is 1.22. The van der Waals surface area contributed by atoms with Crippen LogP contribution in [0.25, 0.3) is 22.8 Å². The molecular formula is C29H28N4O3. The van der Waals surface area contributed by atoms with E-state index in [1.165, 1.54) is 5.56 Å². The lowest BCUT2D eigenvalue weighted by atomic mass is 10.0. The molecule has 4 aromatic rings. The maximum atomic E-state index is 13.2. The summed E-state index contributed by atoms with van der Waals surface area (Å²) >= 11 is 0. The second kappa shape index (κ2) is 10.5. The SMILES string of the molecule is Cc1ccc(-c2cnc(-c3ccccc3C(=O)NC3CCN(C(=O)Nc4ccccc4)CC3)o2)cc1. The van der Waals surface area contributed by atoms with E-state index >= 15 is 0 Å². The zero-order chi connectivity index (χ0) is 24.9. The molecule has 3 aromatic carbocycles. The molecule has 182 valence electrons. The maximum absolute atomic E-state index is 13.2. The van der Waals surface area contributed by atoms with Crippen molar-refractivity contribution < 1.29 is 14.0 Å². The van der Waals surface area contributed by atoms with Gasteiger partial charge in [-0.05, 0) is 44.0 Å². The fourth-order valence-corrected chi connectivity index (χ4v) is 4.33. The lowest BCUT2D eigenvalue weighted by Gasteiger charge is -2.32. The van der Waals surface area contributed by atoms with Gasteiger partial charge in [-0.1, -0.05) is 60.2 Å². The second-order valence-corrected chi connectivity index (χ2v) is 8.97. The van der Waals surface area contributed by atoms with Crippen LogP contribution in [-0.2, 0) is 0 Å². The van der Waals surface area contributed by atoms with Crippen LogP contribution in [0.5, 0.6) is 0 Å². The number of carbonyl (C=O) groups is 2. The van der Waals surface area contributed by atoms with Crippen molar-refractivity contribution in [1.29, 1.82) is 0 Å². The van der Waals surface area contributed by atoms with Crippen molar-refractivity contribution in [3.05, 3.63) is 96.2 Å². The second-order valence-electron chi connectivity index (χ2n) is 8.97. The van der Waals surface area contributed by atoms with E-state index < -0.39 is 0 Å². The van der Waals surface area contributed by atoms with E-state index in [0.29, 0.717) is 48.7 Å². The number of amides is 3. The topological polar surface area (TPSA) is 87.5 Å². The van der Waals surface area contributed by atoms with Gasteiger partial charge in [0, 0.05) is 35.9 Å². The molecule has 0 radical (unpaired) electrons. The van der Waals surface area contributed by atoms with Gasteiger partial charge in [-0.2, -0.15) is 0 Å². The summed E-state index contributed by atoms with van der Waals surface area (Å²) in [5, 5.41) is 6.05. The minimum absolute atomic E-state index is 0.0148. The van der Waals surface area contributed by atoms with E-state index in [1.54, 1.807) is 17.2 Å². The molecule has 1 fully saturated rings. The van der Waals surface area contributed by atoms with E-state index in [2.05, 4.69) is 15.6 Å². The number of nitrogens with zero attached hydrogens (tertiary/aromatic N) is 2. The number of hydrogen-bond acceptors (Lipinski definition) is 4. The molecule has 0 bridgehead atoms. The van der Waals surface area contributed by atoms with Crippen molar-refractivity contribution >= 4 is 17.6 Å². The molecule has 7 heteroatoms. The molecule has 36 heavy (non-hydrogen) atoms. The van der Waals surface area contributed by atoms with Gasteiger partial charge < -0.3 is 20.0 Å². The van der Waals surface area contributed by atoms with E-state index in [9.17, 15) is 9.59 Å². The van der Waals surface area contributed by atoms with Crippen molar-refractivity contribution in [3.63, 3.8) is 0 Å². The average molecular weight is 481 g/mol. The van der Waals surface area contributed by atoms with Crippen LogP contribution >= 0.6 is 0 Å². The van der Waals surface area contributed by atoms with Crippen molar-refractivity contribution in [2.24, 2.45) is 0 Å². The molecule has 7 nitrogen and oxygen atoms in total. The highest BCUT2D eigenvalue weighted by Crippen LogP contribution is 2.28. The third kappa shape index (κ3) is 5.30. The summed E-state index contributed by atoms with van der Waals surface area (Å²) in [4.78, 5) is 32.0. The molecule has 3 amide bonds. The molecule has 0 spiro atoms. The predicted octanol–water partition coefficient (Wildman–Crippen LogP) is 5.74. The fourth-order valence-electron chi connectivity index (χ4n) is 4.33. The van der Waals surface area contributed by atoms with Gasteiger partial charge in [0.2, 0.25) is 5.89 Å². The third-order valence-corrected chi connectivity index (χ3v) is 6.39. The van der Waals surface area contributed by atoms with E-state index in [4.69, 9.17) is 4.42 Å². The van der Waals surface area contributed by atoms with Crippen LogP contribution in [-0.4, -0.2) is 41.0 Å². The number of aryl methyl sites for hydroxylation is 1. The number of nitrogens with one attached hydrogen (secondary N) is 2.